The molecule has 1 aliphatic rings. The number of nitrogens with zero attached hydrogens (tertiary/aromatic N) is 2. The number of hydrogen-bond donors (Lipinski definition) is 0. The van der Waals surface area contributed by atoms with E-state index in [1.807, 2.05) is 18.3 Å². The van der Waals surface area contributed by atoms with Crippen LogP contribution in [0.1, 0.15) is 25.7 Å². The van der Waals surface area contributed by atoms with Crippen molar-refractivity contribution >= 4 is 5.82 Å². The first-order chi connectivity index (χ1) is 7.36. The van der Waals surface area contributed by atoms with Gasteiger partial charge in [-0.3, -0.25) is 0 Å². The molecule has 80 valence electrons. The third-order valence-corrected chi connectivity index (χ3v) is 2.71. The molecule has 1 aliphatic carbocycles. The largest absolute Gasteiger partial charge is 0.360 e. The number of rotatable bonds is 5. The fraction of sp³-hybridized carbons (Fsp3) is 0.462. The second kappa shape index (κ2) is 4.96. The third kappa shape index (κ3) is 3.39. The molecule has 0 aromatic carbocycles. The van der Waals surface area contributed by atoms with Gasteiger partial charge in [0.05, 0.1) is 0 Å². The van der Waals surface area contributed by atoms with Gasteiger partial charge in [0.15, 0.2) is 0 Å². The molecule has 1 heterocycles. The van der Waals surface area contributed by atoms with Gasteiger partial charge in [-0.25, -0.2) is 4.98 Å². The minimum absolute atomic E-state index is 1.07. The molecule has 15 heavy (non-hydrogen) atoms. The maximum atomic E-state index is 4.32. The minimum atomic E-state index is 1.07. The van der Waals surface area contributed by atoms with Crippen LogP contribution in [0.25, 0.3) is 0 Å². The molecular formula is C13H18N2. The second-order valence-electron chi connectivity index (χ2n) is 4.11. The summed E-state index contributed by atoms with van der Waals surface area (Å²) < 4.78 is 0. The molecule has 2 nitrogen and oxygen atoms in total. The van der Waals surface area contributed by atoms with Crippen LogP contribution in [0.2, 0.25) is 0 Å². The molecule has 0 unspecified atom stereocenters. The van der Waals surface area contributed by atoms with Crippen molar-refractivity contribution in [1.29, 1.82) is 0 Å². The van der Waals surface area contributed by atoms with Crippen LogP contribution < -0.4 is 4.90 Å². The van der Waals surface area contributed by atoms with Crippen LogP contribution in [0, 0.1) is 0 Å². The van der Waals surface area contributed by atoms with Gasteiger partial charge >= 0.3 is 0 Å². The molecule has 0 atom stereocenters. The summed E-state index contributed by atoms with van der Waals surface area (Å²) in [6, 6.07) is 6.04. The van der Waals surface area contributed by atoms with Gasteiger partial charge in [0.2, 0.25) is 0 Å². The molecule has 0 N–H and O–H groups in total. The molecule has 2 heteroatoms. The Morgan fingerprint density at radius 1 is 1.40 bits per heavy atom. The van der Waals surface area contributed by atoms with Gasteiger partial charge in [0, 0.05) is 19.8 Å². The lowest BCUT2D eigenvalue weighted by Crippen LogP contribution is -2.19. The normalized spacial score (nSPS) is 13.8. The maximum Gasteiger partial charge on any atom is 0.128 e. The van der Waals surface area contributed by atoms with E-state index in [1.54, 1.807) is 5.57 Å². The predicted octanol–water partition coefficient (Wildman–Crippen LogP) is 3.02. The Bertz CT molecular complexity index is 324. The summed E-state index contributed by atoms with van der Waals surface area (Å²) in [6.07, 6.45) is 9.36. The Labute approximate surface area is 91.6 Å². The van der Waals surface area contributed by atoms with Crippen molar-refractivity contribution < 1.29 is 0 Å². The molecule has 2 rings (SSSR count). The van der Waals surface area contributed by atoms with E-state index < -0.39 is 0 Å². The number of pyridine rings is 1. The zero-order valence-corrected chi connectivity index (χ0v) is 9.32. The maximum absolute atomic E-state index is 4.32. The van der Waals surface area contributed by atoms with E-state index in [9.17, 15) is 0 Å². The SMILES string of the molecule is CN(CCCC=C1CC1)c1ccccn1. The highest BCUT2D eigenvalue weighted by Gasteiger charge is 2.09. The van der Waals surface area contributed by atoms with E-state index in [0.29, 0.717) is 0 Å². The van der Waals surface area contributed by atoms with Crippen LogP contribution in [0.5, 0.6) is 0 Å². The average Bonchev–Trinajstić information content (AvgIpc) is 3.09. The highest BCUT2D eigenvalue weighted by atomic mass is 15.2. The van der Waals surface area contributed by atoms with Gasteiger partial charge in [-0.05, 0) is 37.8 Å². The van der Waals surface area contributed by atoms with Gasteiger partial charge in [-0.2, -0.15) is 0 Å². The third-order valence-electron chi connectivity index (χ3n) is 2.71. The van der Waals surface area contributed by atoms with Gasteiger partial charge in [0.1, 0.15) is 5.82 Å². The molecule has 0 bridgehead atoms. The lowest BCUT2D eigenvalue weighted by molar-refractivity contribution is 0.790. The van der Waals surface area contributed by atoms with Crippen molar-refractivity contribution in [3.05, 3.63) is 36.0 Å². The Balaban J connectivity index is 1.72. The molecule has 1 aromatic heterocycles. The molecule has 1 fully saturated rings. The Hall–Kier alpha value is -1.31. The molecule has 0 spiro atoms. The lowest BCUT2D eigenvalue weighted by Gasteiger charge is -2.16. The zero-order chi connectivity index (χ0) is 10.5. The van der Waals surface area contributed by atoms with Crippen molar-refractivity contribution in [3.8, 4) is 0 Å². The summed E-state index contributed by atoms with van der Waals surface area (Å²) in [6.45, 7) is 1.08. The van der Waals surface area contributed by atoms with Crippen LogP contribution >= 0.6 is 0 Å². The van der Waals surface area contributed by atoms with E-state index in [2.05, 4.69) is 29.1 Å². The van der Waals surface area contributed by atoms with E-state index >= 15 is 0 Å². The summed E-state index contributed by atoms with van der Waals surface area (Å²) in [5.41, 5.74) is 1.65. The predicted molar refractivity (Wildman–Crippen MR) is 64.1 cm³/mol. The summed E-state index contributed by atoms with van der Waals surface area (Å²) in [4.78, 5) is 6.53. The van der Waals surface area contributed by atoms with Gasteiger partial charge in [-0.15, -0.1) is 0 Å². The average molecular weight is 202 g/mol. The smallest absolute Gasteiger partial charge is 0.128 e. The van der Waals surface area contributed by atoms with Crippen molar-refractivity contribution in [3.63, 3.8) is 0 Å². The summed E-state index contributed by atoms with van der Waals surface area (Å²) in [7, 11) is 2.10. The van der Waals surface area contributed by atoms with E-state index in [0.717, 1.165) is 12.4 Å². The molecule has 0 saturated heterocycles. The monoisotopic (exact) mass is 202 g/mol. The quantitative estimate of drug-likeness (QED) is 0.539. The standard InChI is InChI=1S/C13H18N2/c1-15(13-7-2-4-10-14-13)11-5-3-6-12-8-9-12/h2,4,6-7,10H,3,5,8-9,11H2,1H3. The number of unbranched alkanes of at least 4 members (excludes halogenated alkanes) is 1. The summed E-state index contributed by atoms with van der Waals surface area (Å²) in [5.74, 6) is 1.07. The number of allylic oxidation sites excluding steroid dienone is 2. The van der Waals surface area contributed by atoms with Crippen LogP contribution in [0.15, 0.2) is 36.0 Å². The highest BCUT2D eigenvalue weighted by molar-refractivity contribution is 5.36. The van der Waals surface area contributed by atoms with Crippen molar-refractivity contribution in [2.45, 2.75) is 25.7 Å². The van der Waals surface area contributed by atoms with E-state index in [1.165, 1.54) is 25.7 Å². The Kier molecular flexibility index (Phi) is 3.38. The Morgan fingerprint density at radius 2 is 2.27 bits per heavy atom. The lowest BCUT2D eigenvalue weighted by atomic mass is 10.2. The van der Waals surface area contributed by atoms with Crippen molar-refractivity contribution in [1.82, 2.24) is 4.98 Å². The molecule has 0 aliphatic heterocycles. The second-order valence-corrected chi connectivity index (χ2v) is 4.11. The highest BCUT2D eigenvalue weighted by Crippen LogP contribution is 2.28. The van der Waals surface area contributed by atoms with Crippen LogP contribution in [-0.2, 0) is 0 Å². The van der Waals surface area contributed by atoms with Crippen molar-refractivity contribution in [2.24, 2.45) is 0 Å². The first-order valence-corrected chi connectivity index (χ1v) is 5.66. The Morgan fingerprint density at radius 3 is 2.93 bits per heavy atom. The number of aromatic nitrogens is 1. The zero-order valence-electron chi connectivity index (χ0n) is 9.32. The molecule has 0 amide bonds. The molecule has 1 aromatic rings. The molecular weight excluding hydrogens is 184 g/mol. The topological polar surface area (TPSA) is 16.1 Å². The van der Waals surface area contributed by atoms with E-state index in [4.69, 9.17) is 0 Å². The first kappa shape index (κ1) is 10.2. The van der Waals surface area contributed by atoms with Gasteiger partial charge < -0.3 is 4.90 Å². The first-order valence-electron chi connectivity index (χ1n) is 5.66. The number of anilines is 1. The molecule has 1 saturated carbocycles. The van der Waals surface area contributed by atoms with Crippen LogP contribution in [-0.4, -0.2) is 18.6 Å². The van der Waals surface area contributed by atoms with Gasteiger partial charge in [-0.1, -0.05) is 17.7 Å². The molecule has 0 radical (unpaired) electrons. The van der Waals surface area contributed by atoms with E-state index in [-0.39, 0.29) is 0 Å². The van der Waals surface area contributed by atoms with Crippen LogP contribution in [0.3, 0.4) is 0 Å². The van der Waals surface area contributed by atoms with Crippen molar-refractivity contribution in [2.75, 3.05) is 18.5 Å². The van der Waals surface area contributed by atoms with Gasteiger partial charge in [0.25, 0.3) is 0 Å². The number of hydrogen-bond acceptors (Lipinski definition) is 2. The fourth-order valence-electron chi connectivity index (χ4n) is 1.61. The minimum Gasteiger partial charge on any atom is -0.360 e. The van der Waals surface area contributed by atoms with Crippen LogP contribution in [0.4, 0.5) is 5.82 Å². The summed E-state index contributed by atoms with van der Waals surface area (Å²) >= 11 is 0. The fourth-order valence-corrected chi connectivity index (χ4v) is 1.61. The summed E-state index contributed by atoms with van der Waals surface area (Å²) in [5, 5.41) is 0.